The van der Waals surface area contributed by atoms with E-state index in [0.717, 1.165) is 32.6 Å². The van der Waals surface area contributed by atoms with E-state index in [9.17, 15) is 0 Å². The lowest BCUT2D eigenvalue weighted by Crippen LogP contribution is -2.14. The molecule has 19 heavy (non-hydrogen) atoms. The number of rotatable bonds is 4. The van der Waals surface area contributed by atoms with Crippen molar-refractivity contribution in [3.05, 3.63) is 35.0 Å². The maximum absolute atomic E-state index is 3.24. The van der Waals surface area contributed by atoms with E-state index >= 15 is 0 Å². The lowest BCUT2D eigenvalue weighted by molar-refractivity contribution is 0.301. The normalized spacial score (nSPS) is 15.3. The van der Waals surface area contributed by atoms with Crippen molar-refractivity contribution in [3.8, 4) is 0 Å². The van der Waals surface area contributed by atoms with Crippen LogP contribution in [0.5, 0.6) is 0 Å². The molecular formula is C16H23N3. The summed E-state index contributed by atoms with van der Waals surface area (Å²) in [5.74, 6) is 0. The summed E-state index contributed by atoms with van der Waals surface area (Å²) >= 11 is 0. The Balaban J connectivity index is 2.04. The molecule has 3 heteroatoms. The lowest BCUT2D eigenvalue weighted by atomic mass is 10.0. The molecular weight excluding hydrogens is 234 g/mol. The summed E-state index contributed by atoms with van der Waals surface area (Å²) in [5, 5.41) is 4.68. The summed E-state index contributed by atoms with van der Waals surface area (Å²) in [4.78, 5) is 2.50. The van der Waals surface area contributed by atoms with Crippen molar-refractivity contribution >= 4 is 10.9 Å². The Morgan fingerprint density at radius 3 is 2.63 bits per heavy atom. The first-order chi connectivity index (χ1) is 9.22. The smallest absolute Gasteiger partial charge is 0.0484 e. The zero-order valence-electron chi connectivity index (χ0n) is 12.2. The van der Waals surface area contributed by atoms with Gasteiger partial charge in [0.05, 0.1) is 0 Å². The first kappa shape index (κ1) is 12.7. The van der Waals surface area contributed by atoms with E-state index < -0.39 is 0 Å². The maximum atomic E-state index is 3.24. The molecule has 0 aliphatic carbocycles. The van der Waals surface area contributed by atoms with E-state index in [0.29, 0.717) is 0 Å². The second kappa shape index (κ2) is 4.99. The molecule has 0 saturated heterocycles. The highest BCUT2D eigenvalue weighted by molar-refractivity contribution is 5.85. The van der Waals surface area contributed by atoms with E-state index in [1.165, 1.54) is 27.6 Å². The molecule has 0 radical (unpaired) electrons. The Kier molecular flexibility index (Phi) is 3.33. The van der Waals surface area contributed by atoms with Crippen molar-refractivity contribution < 1.29 is 0 Å². The monoisotopic (exact) mass is 257 g/mol. The first-order valence-corrected chi connectivity index (χ1v) is 7.19. The molecule has 1 N–H and O–H groups in total. The second-order valence-electron chi connectivity index (χ2n) is 5.56. The first-order valence-electron chi connectivity index (χ1n) is 7.19. The second-order valence-corrected chi connectivity index (χ2v) is 5.56. The predicted octanol–water partition coefficient (Wildman–Crippen LogP) is 2.28. The van der Waals surface area contributed by atoms with E-state index in [4.69, 9.17) is 0 Å². The van der Waals surface area contributed by atoms with Gasteiger partial charge >= 0.3 is 0 Å². The van der Waals surface area contributed by atoms with Crippen LogP contribution in [0.3, 0.4) is 0 Å². The summed E-state index contributed by atoms with van der Waals surface area (Å²) < 4.78 is 2.27. The fourth-order valence-electron chi connectivity index (χ4n) is 3.11. The SMILES string of the molecule is CCN1Cc2cc3c(CCNC)cn(C)c3cc2C1. The Morgan fingerprint density at radius 1 is 1.21 bits per heavy atom. The van der Waals surface area contributed by atoms with Crippen LogP contribution < -0.4 is 5.32 Å². The average molecular weight is 257 g/mol. The molecule has 0 spiro atoms. The number of hydrogen-bond donors (Lipinski definition) is 1. The van der Waals surface area contributed by atoms with E-state index in [-0.39, 0.29) is 0 Å². The molecule has 3 rings (SSSR count). The van der Waals surface area contributed by atoms with Gasteiger partial charge in [-0.05, 0) is 55.4 Å². The molecule has 102 valence electrons. The third-order valence-electron chi connectivity index (χ3n) is 4.27. The number of nitrogens with zero attached hydrogens (tertiary/aromatic N) is 2. The number of fused-ring (bicyclic) bond motifs is 2. The molecule has 0 bridgehead atoms. The van der Waals surface area contributed by atoms with Gasteiger partial charge in [0.1, 0.15) is 0 Å². The van der Waals surface area contributed by atoms with Gasteiger partial charge < -0.3 is 9.88 Å². The van der Waals surface area contributed by atoms with Gasteiger partial charge in [0, 0.05) is 37.2 Å². The fourth-order valence-corrected chi connectivity index (χ4v) is 3.11. The van der Waals surface area contributed by atoms with Crippen LogP contribution in [0.15, 0.2) is 18.3 Å². The van der Waals surface area contributed by atoms with Crippen molar-refractivity contribution in [1.29, 1.82) is 0 Å². The minimum absolute atomic E-state index is 1.04. The van der Waals surface area contributed by atoms with Gasteiger partial charge in [0.2, 0.25) is 0 Å². The van der Waals surface area contributed by atoms with E-state index in [1.807, 2.05) is 7.05 Å². The van der Waals surface area contributed by atoms with Crippen LogP contribution in [0.25, 0.3) is 10.9 Å². The molecule has 3 nitrogen and oxygen atoms in total. The van der Waals surface area contributed by atoms with Crippen LogP contribution in [-0.2, 0) is 26.6 Å². The molecule has 1 aliphatic heterocycles. The highest BCUT2D eigenvalue weighted by Gasteiger charge is 2.19. The zero-order valence-corrected chi connectivity index (χ0v) is 12.2. The van der Waals surface area contributed by atoms with Gasteiger partial charge in [0.25, 0.3) is 0 Å². The third kappa shape index (κ3) is 2.17. The van der Waals surface area contributed by atoms with Crippen molar-refractivity contribution in [2.45, 2.75) is 26.4 Å². The Morgan fingerprint density at radius 2 is 1.95 bits per heavy atom. The topological polar surface area (TPSA) is 20.2 Å². The van der Waals surface area contributed by atoms with Crippen LogP contribution in [0.2, 0.25) is 0 Å². The van der Waals surface area contributed by atoms with Crippen LogP contribution in [-0.4, -0.2) is 29.6 Å². The van der Waals surface area contributed by atoms with Crippen LogP contribution in [0.4, 0.5) is 0 Å². The molecule has 0 fully saturated rings. The van der Waals surface area contributed by atoms with Gasteiger partial charge in [-0.2, -0.15) is 0 Å². The summed E-state index contributed by atoms with van der Waals surface area (Å²) in [6, 6.07) is 4.81. The van der Waals surface area contributed by atoms with Crippen molar-refractivity contribution in [1.82, 2.24) is 14.8 Å². The predicted molar refractivity (Wildman–Crippen MR) is 80.3 cm³/mol. The number of nitrogens with one attached hydrogen (secondary N) is 1. The van der Waals surface area contributed by atoms with Crippen molar-refractivity contribution in [2.75, 3.05) is 20.1 Å². The highest BCUT2D eigenvalue weighted by atomic mass is 15.1. The van der Waals surface area contributed by atoms with Gasteiger partial charge in [-0.25, -0.2) is 0 Å². The van der Waals surface area contributed by atoms with Crippen LogP contribution in [0, 0.1) is 0 Å². The van der Waals surface area contributed by atoms with Gasteiger partial charge in [-0.15, -0.1) is 0 Å². The van der Waals surface area contributed by atoms with Gasteiger partial charge in [0.15, 0.2) is 0 Å². The number of aromatic nitrogens is 1. The summed E-state index contributed by atoms with van der Waals surface area (Å²) in [6.45, 7) is 6.64. The highest BCUT2D eigenvalue weighted by Crippen LogP contribution is 2.30. The number of likely N-dealkylation sites (N-methyl/N-ethyl adjacent to an activating group) is 1. The Labute approximate surface area is 115 Å². The summed E-state index contributed by atoms with van der Waals surface area (Å²) in [6.07, 6.45) is 3.39. The van der Waals surface area contributed by atoms with Crippen molar-refractivity contribution in [2.24, 2.45) is 7.05 Å². The summed E-state index contributed by atoms with van der Waals surface area (Å²) in [5.41, 5.74) is 5.87. The number of benzene rings is 1. The Bertz CT molecular complexity index is 598. The average Bonchev–Trinajstić information content (AvgIpc) is 2.95. The van der Waals surface area contributed by atoms with E-state index in [2.05, 4.69) is 47.1 Å². The molecule has 0 saturated carbocycles. The lowest BCUT2D eigenvalue weighted by Gasteiger charge is -2.09. The zero-order chi connectivity index (χ0) is 13.4. The minimum Gasteiger partial charge on any atom is -0.350 e. The molecule has 0 amide bonds. The molecule has 1 aliphatic rings. The molecule has 1 aromatic carbocycles. The summed E-state index contributed by atoms with van der Waals surface area (Å²) in [7, 11) is 4.17. The fraction of sp³-hybridized carbons (Fsp3) is 0.500. The number of hydrogen-bond acceptors (Lipinski definition) is 2. The van der Waals surface area contributed by atoms with Gasteiger partial charge in [-0.3, -0.25) is 4.90 Å². The quantitative estimate of drug-likeness (QED) is 0.907. The largest absolute Gasteiger partial charge is 0.350 e. The van der Waals surface area contributed by atoms with Gasteiger partial charge in [-0.1, -0.05) is 6.92 Å². The molecule has 2 aromatic rings. The molecule has 2 heterocycles. The molecule has 1 aromatic heterocycles. The van der Waals surface area contributed by atoms with Crippen LogP contribution >= 0.6 is 0 Å². The number of aryl methyl sites for hydroxylation is 1. The van der Waals surface area contributed by atoms with Crippen molar-refractivity contribution in [3.63, 3.8) is 0 Å². The molecule has 0 unspecified atom stereocenters. The minimum atomic E-state index is 1.04. The van der Waals surface area contributed by atoms with Crippen LogP contribution in [0.1, 0.15) is 23.6 Å². The third-order valence-corrected chi connectivity index (χ3v) is 4.27. The standard InChI is InChI=1S/C16H23N3/c1-4-19-10-13-7-15-12(5-6-17-2)9-18(3)16(15)8-14(13)11-19/h7-9,17H,4-6,10-11H2,1-3H3. The Hall–Kier alpha value is -1.32. The van der Waals surface area contributed by atoms with E-state index in [1.54, 1.807) is 0 Å². The molecule has 0 atom stereocenters. The maximum Gasteiger partial charge on any atom is 0.0484 e.